The summed E-state index contributed by atoms with van der Waals surface area (Å²) in [4.78, 5) is 13.9. The van der Waals surface area contributed by atoms with E-state index in [1.54, 1.807) is 6.26 Å². The quantitative estimate of drug-likeness (QED) is 0.346. The van der Waals surface area contributed by atoms with Crippen LogP contribution < -0.4 is 5.73 Å². The lowest BCUT2D eigenvalue weighted by Crippen LogP contribution is -1.86. The Kier molecular flexibility index (Phi) is 4.91. The van der Waals surface area contributed by atoms with Gasteiger partial charge in [-0.1, -0.05) is 11.8 Å². The van der Waals surface area contributed by atoms with Crippen LogP contribution in [-0.2, 0) is 4.79 Å². The molecule has 0 aromatic carbocycles. The van der Waals surface area contributed by atoms with Gasteiger partial charge in [0.25, 0.3) is 0 Å². The molecule has 0 atom stereocenters. The van der Waals surface area contributed by atoms with Gasteiger partial charge in [0.2, 0.25) is 5.12 Å². The molecule has 0 aromatic rings. The Balaban J connectivity index is 3.57. The Labute approximate surface area is 58.0 Å². The summed E-state index contributed by atoms with van der Waals surface area (Å²) >= 11 is 1.13. The molecule has 0 aromatic heterocycles. The minimum absolute atomic E-state index is 0.0272. The van der Waals surface area contributed by atoms with Crippen LogP contribution >= 0.6 is 11.8 Å². The monoisotopic (exact) mass is 144 g/mol. The van der Waals surface area contributed by atoms with Gasteiger partial charge in [-0.3, -0.25) is 4.79 Å². The Hall–Kier alpha value is -0.770. The van der Waals surface area contributed by atoms with Crippen LogP contribution in [0.2, 0.25) is 0 Å². The number of thioether (sulfide) groups is 1. The summed E-state index contributed by atoms with van der Waals surface area (Å²) in [6.45, 7) is 0. The third kappa shape index (κ3) is 5.10. The van der Waals surface area contributed by atoms with E-state index in [2.05, 4.69) is 4.99 Å². The normalized spacial score (nSPS) is 11.2. The van der Waals surface area contributed by atoms with E-state index >= 15 is 0 Å². The molecule has 9 heavy (non-hydrogen) atoms. The summed E-state index contributed by atoms with van der Waals surface area (Å²) in [6.07, 6.45) is 5.55. The van der Waals surface area contributed by atoms with Gasteiger partial charge >= 0.3 is 0 Å². The van der Waals surface area contributed by atoms with Crippen LogP contribution in [0.25, 0.3) is 0 Å². The van der Waals surface area contributed by atoms with Crippen LogP contribution in [0.15, 0.2) is 17.3 Å². The highest BCUT2D eigenvalue weighted by molar-refractivity contribution is 8.13. The molecule has 0 heterocycles. The Morgan fingerprint density at radius 2 is 2.44 bits per heavy atom. The molecule has 0 saturated heterocycles. The van der Waals surface area contributed by atoms with Crippen molar-refractivity contribution in [2.75, 3.05) is 6.26 Å². The van der Waals surface area contributed by atoms with Gasteiger partial charge in [0.15, 0.2) is 0 Å². The zero-order valence-electron chi connectivity index (χ0n) is 5.07. The van der Waals surface area contributed by atoms with E-state index in [0.29, 0.717) is 0 Å². The number of nitrogens with zero attached hydrogens (tertiary/aromatic N) is 1. The Morgan fingerprint density at radius 1 is 1.78 bits per heavy atom. The van der Waals surface area contributed by atoms with Gasteiger partial charge in [-0.15, -0.1) is 0 Å². The molecule has 2 N–H and O–H groups in total. The van der Waals surface area contributed by atoms with Crippen molar-refractivity contribution < 1.29 is 4.79 Å². The van der Waals surface area contributed by atoms with Gasteiger partial charge in [0.1, 0.15) is 0 Å². The summed E-state index contributed by atoms with van der Waals surface area (Å²) in [5.74, 6) is 0. The first-order valence-electron chi connectivity index (χ1n) is 2.29. The predicted octanol–water partition coefficient (Wildman–Crippen LogP) is 0.377. The summed E-state index contributed by atoms with van der Waals surface area (Å²) in [5, 5.41) is -0.0272. The molecule has 0 spiro atoms. The third-order valence-corrected chi connectivity index (χ3v) is 1.12. The van der Waals surface area contributed by atoms with Crippen molar-refractivity contribution in [3.63, 3.8) is 0 Å². The largest absolute Gasteiger partial charge is 0.390 e. The van der Waals surface area contributed by atoms with Gasteiger partial charge in [-0.25, -0.2) is 4.99 Å². The summed E-state index contributed by atoms with van der Waals surface area (Å²) < 4.78 is 0. The van der Waals surface area contributed by atoms with Crippen molar-refractivity contribution in [2.45, 2.75) is 0 Å². The van der Waals surface area contributed by atoms with Crippen molar-refractivity contribution in [1.29, 1.82) is 0 Å². The molecule has 0 aliphatic rings. The van der Waals surface area contributed by atoms with Crippen LogP contribution in [0.3, 0.4) is 0 Å². The van der Waals surface area contributed by atoms with Crippen LogP contribution in [-0.4, -0.2) is 17.7 Å². The average Bonchev–Trinajstić information content (AvgIpc) is 1.89. The molecule has 0 unspecified atom stereocenters. The van der Waals surface area contributed by atoms with E-state index in [0.717, 1.165) is 18.1 Å². The lowest BCUT2D eigenvalue weighted by Gasteiger charge is -1.79. The highest BCUT2D eigenvalue weighted by Crippen LogP contribution is 1.94. The van der Waals surface area contributed by atoms with E-state index in [1.165, 1.54) is 12.3 Å². The Morgan fingerprint density at radius 3 is 2.89 bits per heavy atom. The molecule has 0 amide bonds. The van der Waals surface area contributed by atoms with E-state index < -0.39 is 0 Å². The van der Waals surface area contributed by atoms with Crippen molar-refractivity contribution >= 4 is 23.2 Å². The van der Waals surface area contributed by atoms with E-state index in [9.17, 15) is 4.79 Å². The van der Waals surface area contributed by atoms with Crippen LogP contribution in [0.5, 0.6) is 0 Å². The second kappa shape index (κ2) is 5.37. The zero-order valence-corrected chi connectivity index (χ0v) is 5.89. The summed E-state index contributed by atoms with van der Waals surface area (Å²) in [6, 6.07) is 0. The second-order valence-corrected chi connectivity index (χ2v) is 1.95. The van der Waals surface area contributed by atoms with Gasteiger partial charge in [-0.2, -0.15) is 0 Å². The topological polar surface area (TPSA) is 55.5 Å². The molecular formula is C5H8N2OS. The molecular weight excluding hydrogens is 136 g/mol. The summed E-state index contributed by atoms with van der Waals surface area (Å²) in [7, 11) is 0. The first-order chi connectivity index (χ1) is 4.31. The highest BCUT2D eigenvalue weighted by atomic mass is 32.2. The van der Waals surface area contributed by atoms with Crippen molar-refractivity contribution in [3.05, 3.63) is 12.3 Å². The first kappa shape index (κ1) is 8.23. The van der Waals surface area contributed by atoms with Crippen LogP contribution in [0.4, 0.5) is 0 Å². The van der Waals surface area contributed by atoms with E-state index in [1.807, 2.05) is 0 Å². The molecule has 0 aliphatic carbocycles. The molecule has 3 nitrogen and oxygen atoms in total. The lowest BCUT2D eigenvalue weighted by molar-refractivity contribution is -0.107. The second-order valence-electron chi connectivity index (χ2n) is 1.14. The molecule has 4 heteroatoms. The highest BCUT2D eigenvalue weighted by Gasteiger charge is 1.86. The fourth-order valence-corrected chi connectivity index (χ4v) is 0.419. The van der Waals surface area contributed by atoms with Crippen molar-refractivity contribution in [2.24, 2.45) is 10.7 Å². The maximum absolute atomic E-state index is 10.4. The molecule has 50 valence electrons. The molecule has 0 radical (unpaired) electrons. The maximum atomic E-state index is 10.4. The number of carbonyl (C=O) groups is 1. The number of nitrogens with two attached hydrogens (primary N) is 1. The average molecular weight is 144 g/mol. The minimum atomic E-state index is -0.0272. The van der Waals surface area contributed by atoms with Gasteiger partial charge < -0.3 is 5.73 Å². The number of aliphatic imine (C=N–C) groups is 1. The van der Waals surface area contributed by atoms with Gasteiger partial charge in [-0.05, 0) is 6.26 Å². The number of carbonyl (C=O) groups excluding carboxylic acids is 1. The van der Waals surface area contributed by atoms with E-state index in [4.69, 9.17) is 5.73 Å². The van der Waals surface area contributed by atoms with Crippen molar-refractivity contribution in [1.82, 2.24) is 0 Å². The summed E-state index contributed by atoms with van der Waals surface area (Å²) in [5.41, 5.74) is 4.90. The maximum Gasteiger partial charge on any atom is 0.213 e. The Bertz CT molecular complexity index is 142. The predicted molar refractivity (Wildman–Crippen MR) is 40.3 cm³/mol. The molecule has 0 bridgehead atoms. The molecule has 0 rings (SSSR count). The fourth-order valence-electron chi connectivity index (χ4n) is 0.222. The van der Waals surface area contributed by atoms with Gasteiger partial charge in [0, 0.05) is 12.3 Å². The fraction of sp³-hybridized carbons (Fsp3) is 0.200. The third-order valence-electron chi connectivity index (χ3n) is 0.584. The zero-order chi connectivity index (χ0) is 7.11. The molecule has 0 aliphatic heterocycles. The standard InChI is InChI=1S/C5H8N2OS/c1-9-5(8)2-3-7-4-6/h2-4H,1H3,(H2,6,7)/b3-2-. The smallest absolute Gasteiger partial charge is 0.213 e. The number of hydrogen-bond acceptors (Lipinski definition) is 3. The number of hydrogen-bond donors (Lipinski definition) is 1. The van der Waals surface area contributed by atoms with E-state index in [-0.39, 0.29) is 5.12 Å². The minimum Gasteiger partial charge on any atom is -0.390 e. The molecule has 0 saturated carbocycles. The van der Waals surface area contributed by atoms with Crippen molar-refractivity contribution in [3.8, 4) is 0 Å². The first-order valence-corrected chi connectivity index (χ1v) is 3.51. The van der Waals surface area contributed by atoms with Gasteiger partial charge in [0.05, 0.1) is 6.34 Å². The van der Waals surface area contributed by atoms with Crippen LogP contribution in [0, 0.1) is 0 Å². The molecule has 0 fully saturated rings. The lowest BCUT2D eigenvalue weighted by atomic mass is 10.7. The number of rotatable bonds is 2. The van der Waals surface area contributed by atoms with Crippen LogP contribution in [0.1, 0.15) is 0 Å². The SMILES string of the molecule is CSC(=O)/C=C\N=C/N.